The number of nitrogens with zero attached hydrogens (tertiary/aromatic N) is 1. The molecule has 0 bridgehead atoms. The minimum atomic E-state index is -0.423. The van der Waals surface area contributed by atoms with Gasteiger partial charge in [-0.25, -0.2) is 4.79 Å². The van der Waals surface area contributed by atoms with Crippen molar-refractivity contribution in [2.45, 2.75) is 13.5 Å². The van der Waals surface area contributed by atoms with Crippen LogP contribution in [0.25, 0.3) is 6.08 Å². The number of carbonyl (C=O) groups is 2. The number of halogens is 1. The Kier molecular flexibility index (Phi) is 5.19. The lowest BCUT2D eigenvalue weighted by Crippen LogP contribution is -2.30. The summed E-state index contributed by atoms with van der Waals surface area (Å²) in [5.41, 5.74) is 1.85. The van der Waals surface area contributed by atoms with Crippen LogP contribution in [0.15, 0.2) is 58.7 Å². The number of benzene rings is 2. The molecule has 25 heavy (non-hydrogen) atoms. The van der Waals surface area contributed by atoms with Gasteiger partial charge in [0.1, 0.15) is 11.4 Å². The quantitative estimate of drug-likeness (QED) is 0.610. The van der Waals surface area contributed by atoms with Crippen molar-refractivity contribution in [3.63, 3.8) is 0 Å². The van der Waals surface area contributed by atoms with Gasteiger partial charge in [0.15, 0.2) is 0 Å². The van der Waals surface area contributed by atoms with E-state index in [0.717, 1.165) is 15.6 Å². The second kappa shape index (κ2) is 7.53. The van der Waals surface area contributed by atoms with Gasteiger partial charge in [-0.2, -0.15) is 0 Å². The number of hydrogen-bond donors (Lipinski definition) is 1. The number of amides is 3. The largest absolute Gasteiger partial charge is 0.493 e. The second-order valence-corrected chi connectivity index (χ2v) is 6.40. The summed E-state index contributed by atoms with van der Waals surface area (Å²) in [5, 5.41) is 2.64. The lowest BCUT2D eigenvalue weighted by atomic mass is 10.1. The molecule has 1 heterocycles. The van der Waals surface area contributed by atoms with Crippen LogP contribution in [-0.2, 0) is 11.3 Å². The van der Waals surface area contributed by atoms with Gasteiger partial charge in [0.05, 0.1) is 13.2 Å². The third kappa shape index (κ3) is 3.91. The van der Waals surface area contributed by atoms with Crippen molar-refractivity contribution >= 4 is 33.9 Å². The Bertz CT molecular complexity index is 834. The number of urea groups is 1. The van der Waals surface area contributed by atoms with Crippen LogP contribution in [0.3, 0.4) is 0 Å². The van der Waals surface area contributed by atoms with Crippen LogP contribution in [0.4, 0.5) is 4.79 Å². The van der Waals surface area contributed by atoms with E-state index in [4.69, 9.17) is 4.74 Å². The lowest BCUT2D eigenvalue weighted by molar-refractivity contribution is -0.123. The second-order valence-electron chi connectivity index (χ2n) is 5.48. The highest BCUT2D eigenvalue weighted by atomic mass is 79.9. The van der Waals surface area contributed by atoms with E-state index >= 15 is 0 Å². The highest BCUT2D eigenvalue weighted by Crippen LogP contribution is 2.27. The Morgan fingerprint density at radius 1 is 1.16 bits per heavy atom. The zero-order valence-corrected chi connectivity index (χ0v) is 15.2. The van der Waals surface area contributed by atoms with E-state index in [0.29, 0.717) is 12.4 Å². The summed E-state index contributed by atoms with van der Waals surface area (Å²) in [5.74, 6) is 0.304. The molecule has 3 rings (SSSR count). The zero-order valence-electron chi connectivity index (χ0n) is 13.7. The van der Waals surface area contributed by atoms with Crippen molar-refractivity contribution < 1.29 is 14.3 Å². The standard InChI is InChI=1S/C19H17BrN2O3/c1-2-25-17-9-8-15(20)10-14(17)11-16-18(23)22(19(24)21-16)12-13-6-4-3-5-7-13/h3-11H,2,12H2,1H3,(H,21,24)/b16-11+. The van der Waals surface area contributed by atoms with E-state index in [9.17, 15) is 9.59 Å². The van der Waals surface area contributed by atoms with Crippen LogP contribution < -0.4 is 10.1 Å². The first kappa shape index (κ1) is 17.2. The van der Waals surface area contributed by atoms with Gasteiger partial charge >= 0.3 is 6.03 Å². The van der Waals surface area contributed by atoms with Gasteiger partial charge in [0.25, 0.3) is 5.91 Å². The van der Waals surface area contributed by atoms with Gasteiger partial charge in [-0.15, -0.1) is 0 Å². The molecule has 0 radical (unpaired) electrons. The average molecular weight is 401 g/mol. The van der Waals surface area contributed by atoms with Crippen LogP contribution in [-0.4, -0.2) is 23.4 Å². The number of imide groups is 1. The van der Waals surface area contributed by atoms with Crippen molar-refractivity contribution in [2.24, 2.45) is 0 Å². The predicted molar refractivity (Wildman–Crippen MR) is 98.8 cm³/mol. The molecule has 0 aromatic heterocycles. The number of nitrogens with one attached hydrogen (secondary N) is 1. The molecule has 128 valence electrons. The summed E-state index contributed by atoms with van der Waals surface area (Å²) < 4.78 is 6.45. The van der Waals surface area contributed by atoms with Gasteiger partial charge in [0, 0.05) is 10.0 Å². The van der Waals surface area contributed by atoms with E-state index < -0.39 is 6.03 Å². The first-order valence-electron chi connectivity index (χ1n) is 7.89. The topological polar surface area (TPSA) is 58.6 Å². The summed E-state index contributed by atoms with van der Waals surface area (Å²) in [6, 6.07) is 14.5. The van der Waals surface area contributed by atoms with E-state index in [1.54, 1.807) is 6.08 Å². The summed E-state index contributed by atoms with van der Waals surface area (Å²) in [7, 11) is 0. The molecule has 0 unspecified atom stereocenters. The molecule has 5 nitrogen and oxygen atoms in total. The van der Waals surface area contributed by atoms with Crippen molar-refractivity contribution in [1.82, 2.24) is 10.2 Å². The van der Waals surface area contributed by atoms with E-state index in [1.165, 1.54) is 4.90 Å². The Labute approximate surface area is 154 Å². The summed E-state index contributed by atoms with van der Waals surface area (Å²) in [4.78, 5) is 26.0. The summed E-state index contributed by atoms with van der Waals surface area (Å²) >= 11 is 3.41. The Hall–Kier alpha value is -2.60. The molecular formula is C19H17BrN2O3. The van der Waals surface area contributed by atoms with Gasteiger partial charge in [-0.05, 0) is 36.8 Å². The maximum atomic E-state index is 12.6. The van der Waals surface area contributed by atoms with Gasteiger partial charge in [-0.3, -0.25) is 9.69 Å². The monoisotopic (exact) mass is 400 g/mol. The molecule has 1 fully saturated rings. The number of carbonyl (C=O) groups excluding carboxylic acids is 2. The van der Waals surface area contributed by atoms with Crippen molar-refractivity contribution in [3.8, 4) is 5.75 Å². The first-order valence-corrected chi connectivity index (χ1v) is 8.68. The van der Waals surface area contributed by atoms with Gasteiger partial charge in [0.2, 0.25) is 0 Å². The first-order chi connectivity index (χ1) is 12.1. The maximum absolute atomic E-state index is 12.6. The van der Waals surface area contributed by atoms with Crippen LogP contribution >= 0.6 is 15.9 Å². The molecule has 2 aromatic carbocycles. The van der Waals surface area contributed by atoms with E-state index in [1.807, 2.05) is 55.5 Å². The van der Waals surface area contributed by atoms with Crippen molar-refractivity contribution in [1.29, 1.82) is 0 Å². The molecule has 6 heteroatoms. The molecule has 0 spiro atoms. The van der Waals surface area contributed by atoms with E-state index in [-0.39, 0.29) is 18.1 Å². The molecule has 3 amide bonds. The van der Waals surface area contributed by atoms with Crippen molar-refractivity contribution in [2.75, 3.05) is 6.61 Å². The van der Waals surface area contributed by atoms with Crippen LogP contribution in [0.1, 0.15) is 18.1 Å². The normalized spacial score (nSPS) is 15.6. The van der Waals surface area contributed by atoms with Gasteiger partial charge < -0.3 is 10.1 Å². The van der Waals surface area contributed by atoms with Gasteiger partial charge in [-0.1, -0.05) is 46.3 Å². The summed E-state index contributed by atoms with van der Waals surface area (Å²) in [6.45, 7) is 2.64. The van der Waals surface area contributed by atoms with Crippen molar-refractivity contribution in [3.05, 3.63) is 69.8 Å². The predicted octanol–water partition coefficient (Wildman–Crippen LogP) is 3.94. The minimum Gasteiger partial charge on any atom is -0.493 e. The minimum absolute atomic E-state index is 0.236. The average Bonchev–Trinajstić information content (AvgIpc) is 2.86. The fourth-order valence-corrected chi connectivity index (χ4v) is 2.93. The zero-order chi connectivity index (χ0) is 17.8. The third-order valence-electron chi connectivity index (χ3n) is 3.72. The Morgan fingerprint density at radius 2 is 1.92 bits per heavy atom. The fourth-order valence-electron chi connectivity index (χ4n) is 2.56. The number of rotatable bonds is 5. The Balaban J connectivity index is 1.87. The maximum Gasteiger partial charge on any atom is 0.329 e. The molecule has 1 saturated heterocycles. The molecule has 1 aliphatic heterocycles. The highest BCUT2D eigenvalue weighted by molar-refractivity contribution is 9.10. The molecule has 0 saturated carbocycles. The summed E-state index contributed by atoms with van der Waals surface area (Å²) in [6.07, 6.45) is 1.64. The molecule has 1 N–H and O–H groups in total. The molecule has 0 aliphatic carbocycles. The third-order valence-corrected chi connectivity index (χ3v) is 4.21. The van der Waals surface area contributed by atoms with Crippen LogP contribution in [0.5, 0.6) is 5.75 Å². The molecule has 0 atom stereocenters. The smallest absolute Gasteiger partial charge is 0.329 e. The van der Waals surface area contributed by atoms with Crippen LogP contribution in [0, 0.1) is 0 Å². The fraction of sp³-hybridized carbons (Fsp3) is 0.158. The molecular weight excluding hydrogens is 384 g/mol. The van der Waals surface area contributed by atoms with Crippen LogP contribution in [0.2, 0.25) is 0 Å². The molecule has 1 aliphatic rings. The SMILES string of the molecule is CCOc1ccc(Br)cc1/C=C1/NC(=O)N(Cc2ccccc2)C1=O. The molecule has 2 aromatic rings. The number of hydrogen-bond acceptors (Lipinski definition) is 3. The van der Waals surface area contributed by atoms with E-state index in [2.05, 4.69) is 21.2 Å². The Morgan fingerprint density at radius 3 is 2.64 bits per heavy atom. The highest BCUT2D eigenvalue weighted by Gasteiger charge is 2.33. The number of ether oxygens (including phenoxy) is 1. The lowest BCUT2D eigenvalue weighted by Gasteiger charge is -2.11.